The summed E-state index contributed by atoms with van der Waals surface area (Å²) in [5.41, 5.74) is 0. The Morgan fingerprint density at radius 3 is 2.18 bits per heavy atom. The second kappa shape index (κ2) is 14.5. The normalized spacial score (nSPS) is 18.4. The van der Waals surface area contributed by atoms with Crippen LogP contribution in [0, 0.1) is 6.92 Å². The van der Waals surface area contributed by atoms with E-state index in [2.05, 4.69) is 25.7 Å². The monoisotopic (exact) mass is 277 g/mol. The molecule has 1 rings (SSSR count). The minimum absolute atomic E-state index is 0. The summed E-state index contributed by atoms with van der Waals surface area (Å²) >= 11 is 0. The van der Waals surface area contributed by atoms with Crippen molar-refractivity contribution in [2.45, 2.75) is 19.4 Å². The van der Waals surface area contributed by atoms with Crippen molar-refractivity contribution in [1.82, 2.24) is 5.32 Å². The quantitative estimate of drug-likeness (QED) is 0.284. The molecule has 0 spiro atoms. The van der Waals surface area contributed by atoms with Gasteiger partial charge < -0.3 is 10.1 Å². The van der Waals surface area contributed by atoms with Gasteiger partial charge in [0.05, 0.1) is 12.7 Å². The molecule has 0 saturated carbocycles. The zero-order valence-corrected chi connectivity index (χ0v) is 13.2. The maximum Gasteiger partial charge on any atom is 1.00 e. The fraction of sp³-hybridized carbons (Fsp3) is 0.667. The Bertz CT molecular complexity index is 244. The molecular weight excluding hydrogens is 257 g/mol. The zero-order chi connectivity index (χ0) is 13.0. The van der Waals surface area contributed by atoms with E-state index in [1.807, 2.05) is 0 Å². The minimum Gasteiger partial charge on any atom is -0.376 e. The van der Waals surface area contributed by atoms with Crippen LogP contribution in [0.15, 0.2) is 12.7 Å². The molecule has 1 fully saturated rings. The molecule has 1 saturated heterocycles. The molecule has 1 aliphatic rings. The van der Waals surface area contributed by atoms with Gasteiger partial charge >= 0.3 is 40.0 Å². The van der Waals surface area contributed by atoms with Gasteiger partial charge in [-0.3, -0.25) is 9.11 Å². The molecular formula is C9H20NNaO5S. The smallest absolute Gasteiger partial charge is 0.376 e. The first-order valence-corrected chi connectivity index (χ1v) is 6.17. The van der Waals surface area contributed by atoms with Crippen molar-refractivity contribution in [3.05, 3.63) is 19.6 Å². The third-order valence-corrected chi connectivity index (χ3v) is 1.46. The van der Waals surface area contributed by atoms with E-state index in [-0.39, 0.29) is 29.6 Å². The average molecular weight is 277 g/mol. The van der Waals surface area contributed by atoms with E-state index >= 15 is 0 Å². The Balaban J connectivity index is -0.000000191. The van der Waals surface area contributed by atoms with Crippen molar-refractivity contribution in [2.75, 3.05) is 19.7 Å². The summed E-state index contributed by atoms with van der Waals surface area (Å²) in [6.07, 6.45) is 3.11. The second-order valence-corrected chi connectivity index (χ2v) is 3.74. The molecule has 6 nitrogen and oxygen atoms in total. The van der Waals surface area contributed by atoms with Gasteiger partial charge in [-0.05, 0) is 6.42 Å². The van der Waals surface area contributed by atoms with Crippen LogP contribution in [0.5, 0.6) is 0 Å². The zero-order valence-electron chi connectivity index (χ0n) is 10.4. The maximum absolute atomic E-state index is 8.74. The van der Waals surface area contributed by atoms with Crippen LogP contribution in [-0.4, -0.2) is 43.3 Å². The molecule has 0 bridgehead atoms. The molecule has 0 amide bonds. The van der Waals surface area contributed by atoms with Gasteiger partial charge in [0.25, 0.3) is 0 Å². The maximum atomic E-state index is 8.74. The van der Waals surface area contributed by atoms with Gasteiger partial charge in [0.1, 0.15) is 0 Å². The SMILES string of the molecule is C=C[CH2-].CCC1CNCCO1.O=S(=O)(O)O.[Na+]. The molecule has 8 heteroatoms. The largest absolute Gasteiger partial charge is 1.00 e. The number of ether oxygens (including phenoxy) is 1. The first-order valence-electron chi connectivity index (χ1n) is 4.77. The molecule has 1 unspecified atom stereocenters. The molecule has 1 aliphatic heterocycles. The van der Waals surface area contributed by atoms with Crippen LogP contribution in [0.2, 0.25) is 0 Å². The average Bonchev–Trinajstić information content (AvgIpc) is 2.18. The van der Waals surface area contributed by atoms with Crippen molar-refractivity contribution in [3.8, 4) is 0 Å². The van der Waals surface area contributed by atoms with Crippen molar-refractivity contribution < 1.29 is 51.8 Å². The topological polar surface area (TPSA) is 95.9 Å². The predicted octanol–water partition coefficient (Wildman–Crippen LogP) is -2.26. The molecule has 1 heterocycles. The van der Waals surface area contributed by atoms with Crippen molar-refractivity contribution in [1.29, 1.82) is 0 Å². The molecule has 98 valence electrons. The first-order chi connectivity index (χ1) is 7.35. The molecule has 0 aromatic carbocycles. The summed E-state index contributed by atoms with van der Waals surface area (Å²) < 4.78 is 36.9. The standard InChI is InChI=1S/C6H13NO.C3H5.Na.H2O4S/c1-2-6-5-7-3-4-8-6;1-3-2;;1-5(2,3)4/h6-7H,2-5H2,1H3;3H,1-2H2;;(H2,1,2,3,4)/q;-1;+1;. The summed E-state index contributed by atoms with van der Waals surface area (Å²) in [7, 11) is -4.67. The second-order valence-electron chi connectivity index (χ2n) is 2.84. The van der Waals surface area contributed by atoms with Crippen LogP contribution in [0.4, 0.5) is 0 Å². The van der Waals surface area contributed by atoms with Crippen LogP contribution in [-0.2, 0) is 15.1 Å². The van der Waals surface area contributed by atoms with Gasteiger partial charge in [0.15, 0.2) is 0 Å². The van der Waals surface area contributed by atoms with E-state index < -0.39 is 10.4 Å². The van der Waals surface area contributed by atoms with Crippen molar-refractivity contribution in [2.24, 2.45) is 0 Å². The van der Waals surface area contributed by atoms with E-state index in [1.165, 1.54) is 6.08 Å². The van der Waals surface area contributed by atoms with E-state index in [9.17, 15) is 0 Å². The molecule has 0 radical (unpaired) electrons. The fourth-order valence-electron chi connectivity index (χ4n) is 0.882. The molecule has 3 N–H and O–H groups in total. The number of rotatable bonds is 1. The van der Waals surface area contributed by atoms with Gasteiger partial charge in [0.2, 0.25) is 0 Å². The summed E-state index contributed by atoms with van der Waals surface area (Å²) in [6, 6.07) is 0. The third-order valence-electron chi connectivity index (χ3n) is 1.46. The molecule has 0 aliphatic carbocycles. The van der Waals surface area contributed by atoms with E-state index in [0.29, 0.717) is 6.10 Å². The van der Waals surface area contributed by atoms with Crippen LogP contribution in [0.3, 0.4) is 0 Å². The summed E-state index contributed by atoms with van der Waals surface area (Å²) in [5, 5.41) is 3.26. The number of morpholine rings is 1. The number of hydrogen-bond donors (Lipinski definition) is 3. The Morgan fingerprint density at radius 1 is 1.59 bits per heavy atom. The van der Waals surface area contributed by atoms with Gasteiger partial charge in [-0.2, -0.15) is 8.42 Å². The Kier molecular flexibility index (Phi) is 19.2. The fourth-order valence-corrected chi connectivity index (χ4v) is 0.882. The molecule has 17 heavy (non-hydrogen) atoms. The van der Waals surface area contributed by atoms with Gasteiger partial charge in [-0.1, -0.05) is 6.92 Å². The summed E-state index contributed by atoms with van der Waals surface area (Å²) in [4.78, 5) is 0. The molecule has 0 aromatic rings. The van der Waals surface area contributed by atoms with Gasteiger partial charge in [-0.15, -0.1) is 0 Å². The van der Waals surface area contributed by atoms with Crippen LogP contribution in [0.1, 0.15) is 13.3 Å². The van der Waals surface area contributed by atoms with E-state index in [4.69, 9.17) is 22.3 Å². The number of nitrogens with one attached hydrogen (secondary N) is 1. The van der Waals surface area contributed by atoms with Crippen molar-refractivity contribution in [3.63, 3.8) is 0 Å². The molecule has 0 aromatic heterocycles. The Morgan fingerprint density at radius 2 is 2.00 bits per heavy atom. The van der Waals surface area contributed by atoms with Crippen LogP contribution >= 0.6 is 0 Å². The predicted molar refractivity (Wildman–Crippen MR) is 62.6 cm³/mol. The van der Waals surface area contributed by atoms with Crippen LogP contribution in [0.25, 0.3) is 0 Å². The van der Waals surface area contributed by atoms with E-state index in [1.54, 1.807) is 0 Å². The summed E-state index contributed by atoms with van der Waals surface area (Å²) in [5.74, 6) is 0. The third kappa shape index (κ3) is 31.4. The summed E-state index contributed by atoms with van der Waals surface area (Å²) in [6.45, 7) is 11.6. The van der Waals surface area contributed by atoms with Crippen LogP contribution < -0.4 is 34.9 Å². The van der Waals surface area contributed by atoms with Crippen molar-refractivity contribution >= 4 is 10.4 Å². The number of hydrogen-bond acceptors (Lipinski definition) is 4. The van der Waals surface area contributed by atoms with E-state index in [0.717, 1.165) is 26.1 Å². The van der Waals surface area contributed by atoms with Gasteiger partial charge in [0, 0.05) is 13.1 Å². The minimum atomic E-state index is -4.67. The Hall–Kier alpha value is 0.400. The molecule has 1 atom stereocenters. The Labute approximate surface area is 126 Å². The van der Waals surface area contributed by atoms with Gasteiger partial charge in [-0.25, -0.2) is 19.6 Å². The first kappa shape index (κ1) is 22.6. The number of allylic oxidation sites excluding steroid dienone is 1.